The average molecular weight is 463 g/mol. The molecule has 6 aromatic carbocycles. The number of rotatable bonds is 0. The monoisotopic (exact) mass is 462 g/mol. The molecule has 6 aromatic rings. The van der Waals surface area contributed by atoms with Crippen molar-refractivity contribution >= 4 is 53.9 Å². The highest BCUT2D eigenvalue weighted by Gasteiger charge is 2.31. The first kappa shape index (κ1) is 19.8. The lowest BCUT2D eigenvalue weighted by Gasteiger charge is -2.34. The molecule has 0 aromatic heterocycles. The molecule has 0 radical (unpaired) electrons. The van der Waals surface area contributed by atoms with Crippen LogP contribution in [0, 0.1) is 0 Å². The van der Waals surface area contributed by atoms with Gasteiger partial charge in [-0.15, -0.1) is 0 Å². The van der Waals surface area contributed by atoms with Gasteiger partial charge in [0.15, 0.2) is 0 Å². The van der Waals surface area contributed by atoms with Gasteiger partial charge in [0.05, 0.1) is 0 Å². The minimum Gasteiger partial charge on any atom is -0.0616 e. The van der Waals surface area contributed by atoms with E-state index in [4.69, 9.17) is 0 Å². The molecular formula is C36H30. The van der Waals surface area contributed by atoms with Crippen molar-refractivity contribution in [2.24, 2.45) is 0 Å². The molecule has 3 aliphatic rings. The molecule has 0 amide bonds. The van der Waals surface area contributed by atoms with Crippen LogP contribution in [0.5, 0.6) is 0 Å². The van der Waals surface area contributed by atoms with Crippen LogP contribution >= 0.6 is 0 Å². The Morgan fingerprint density at radius 1 is 0.472 bits per heavy atom. The smallest absolute Gasteiger partial charge is 0.00139 e. The maximum absolute atomic E-state index is 2.57. The van der Waals surface area contributed by atoms with Crippen molar-refractivity contribution in [1.82, 2.24) is 0 Å². The van der Waals surface area contributed by atoms with Crippen LogP contribution in [0.1, 0.15) is 65.8 Å². The lowest BCUT2D eigenvalue weighted by Crippen LogP contribution is -2.16. The van der Waals surface area contributed by atoms with E-state index in [2.05, 4.69) is 66.7 Å². The number of fused-ring (bicyclic) bond motifs is 12. The number of hydrogen-bond donors (Lipinski definition) is 0. The molecule has 3 aliphatic carbocycles. The standard InChI is InChI=1S/C36H30/c1-2-11-26-24(9-1)25-10-3-5-13-29(25)35-31(26)19-18-23-20-22-17-16-21-8-7-15-28-27-12-4-6-14-30(27)36(34(23)35)33(22)32(21)28/h3-6,10,12-14,18-21H,1-2,7-9,11,15-17H2/t21-/m1/s1. The summed E-state index contributed by atoms with van der Waals surface area (Å²) in [5, 5.41) is 15.1. The highest BCUT2D eigenvalue weighted by Crippen LogP contribution is 2.51. The zero-order valence-electron chi connectivity index (χ0n) is 20.8. The Hall–Kier alpha value is -3.38. The van der Waals surface area contributed by atoms with Gasteiger partial charge in [0.2, 0.25) is 0 Å². The molecular weight excluding hydrogens is 432 g/mol. The van der Waals surface area contributed by atoms with Gasteiger partial charge in [0, 0.05) is 0 Å². The number of aryl methyl sites for hydroxylation is 4. The topological polar surface area (TPSA) is 0 Å². The Balaban J connectivity index is 1.62. The molecule has 0 spiro atoms. The summed E-state index contributed by atoms with van der Waals surface area (Å²) in [7, 11) is 0. The van der Waals surface area contributed by atoms with Gasteiger partial charge in [-0.3, -0.25) is 0 Å². The highest BCUT2D eigenvalue weighted by molar-refractivity contribution is 6.34. The van der Waals surface area contributed by atoms with Crippen LogP contribution in [0.4, 0.5) is 0 Å². The first-order chi connectivity index (χ1) is 17.9. The van der Waals surface area contributed by atoms with E-state index in [1.165, 1.54) is 101 Å². The normalized spacial score (nSPS) is 18.9. The van der Waals surface area contributed by atoms with Crippen LogP contribution in [0.25, 0.3) is 53.9 Å². The molecule has 0 heteroatoms. The zero-order chi connectivity index (χ0) is 23.4. The molecule has 0 N–H and O–H groups in total. The van der Waals surface area contributed by atoms with E-state index < -0.39 is 0 Å². The van der Waals surface area contributed by atoms with Crippen molar-refractivity contribution in [1.29, 1.82) is 0 Å². The second kappa shape index (κ2) is 7.10. The van der Waals surface area contributed by atoms with Crippen LogP contribution in [-0.4, -0.2) is 0 Å². The van der Waals surface area contributed by atoms with Gasteiger partial charge in [-0.05, 0) is 145 Å². The molecule has 9 rings (SSSR count). The summed E-state index contributed by atoms with van der Waals surface area (Å²) in [5.41, 5.74) is 8.23. The zero-order valence-corrected chi connectivity index (χ0v) is 20.8. The maximum Gasteiger partial charge on any atom is -0.00139 e. The summed E-state index contributed by atoms with van der Waals surface area (Å²) >= 11 is 0. The van der Waals surface area contributed by atoms with Crippen molar-refractivity contribution in [2.45, 2.75) is 63.7 Å². The van der Waals surface area contributed by atoms with Gasteiger partial charge in [-0.25, -0.2) is 0 Å². The van der Waals surface area contributed by atoms with E-state index in [1.54, 1.807) is 38.6 Å². The largest absolute Gasteiger partial charge is 0.0616 e. The van der Waals surface area contributed by atoms with E-state index in [1.807, 2.05) is 0 Å². The number of hydrogen-bond acceptors (Lipinski definition) is 0. The number of benzene rings is 6. The lowest BCUT2D eigenvalue weighted by molar-refractivity contribution is 0.518. The Bertz CT molecular complexity index is 1920. The summed E-state index contributed by atoms with van der Waals surface area (Å²) in [6, 6.07) is 26.2. The summed E-state index contributed by atoms with van der Waals surface area (Å²) in [6.45, 7) is 0. The predicted molar refractivity (Wildman–Crippen MR) is 155 cm³/mol. The van der Waals surface area contributed by atoms with Crippen molar-refractivity contribution in [3.8, 4) is 0 Å². The van der Waals surface area contributed by atoms with Crippen LogP contribution in [-0.2, 0) is 25.7 Å². The Kier molecular flexibility index (Phi) is 3.90. The summed E-state index contributed by atoms with van der Waals surface area (Å²) in [5.74, 6) is 0.741. The van der Waals surface area contributed by atoms with Crippen molar-refractivity contribution in [2.75, 3.05) is 0 Å². The van der Waals surface area contributed by atoms with Crippen LogP contribution in [0.3, 0.4) is 0 Å². The Labute approximate surface area is 211 Å². The van der Waals surface area contributed by atoms with Gasteiger partial charge in [-0.1, -0.05) is 66.7 Å². The van der Waals surface area contributed by atoms with E-state index in [-0.39, 0.29) is 0 Å². The van der Waals surface area contributed by atoms with Gasteiger partial charge in [0.1, 0.15) is 0 Å². The second-order valence-corrected chi connectivity index (χ2v) is 11.6. The van der Waals surface area contributed by atoms with E-state index in [9.17, 15) is 0 Å². The van der Waals surface area contributed by atoms with E-state index in [0.29, 0.717) is 0 Å². The van der Waals surface area contributed by atoms with E-state index >= 15 is 0 Å². The van der Waals surface area contributed by atoms with Gasteiger partial charge in [-0.2, -0.15) is 0 Å². The summed E-state index contributed by atoms with van der Waals surface area (Å²) < 4.78 is 0. The molecule has 0 heterocycles. The third kappa shape index (κ3) is 2.41. The molecule has 0 aliphatic heterocycles. The Morgan fingerprint density at radius 2 is 1.14 bits per heavy atom. The van der Waals surface area contributed by atoms with Gasteiger partial charge < -0.3 is 0 Å². The fraction of sp³-hybridized carbons (Fsp3) is 0.278. The molecule has 0 unspecified atom stereocenters. The molecule has 0 saturated carbocycles. The minimum absolute atomic E-state index is 0.741. The third-order valence-electron chi connectivity index (χ3n) is 9.97. The third-order valence-corrected chi connectivity index (χ3v) is 9.97. The molecule has 174 valence electrons. The summed E-state index contributed by atoms with van der Waals surface area (Å²) in [6.07, 6.45) is 11.6. The fourth-order valence-electron chi connectivity index (χ4n) is 8.59. The first-order valence-electron chi connectivity index (χ1n) is 14.2. The SMILES string of the molecule is c1ccc2c(c1)c1c(c3ccc4cc5c6c7c(c8ccccc8c6c4c32)CCC[C@@H]7CC5)CCCC1. The average Bonchev–Trinajstić information content (AvgIpc) is 2.95. The second-order valence-electron chi connectivity index (χ2n) is 11.6. The first-order valence-corrected chi connectivity index (χ1v) is 14.2. The van der Waals surface area contributed by atoms with Crippen molar-refractivity contribution in [3.05, 3.63) is 94.5 Å². The molecule has 1 atom stereocenters. The quantitative estimate of drug-likeness (QED) is 0.197. The summed E-state index contributed by atoms with van der Waals surface area (Å²) in [4.78, 5) is 0. The van der Waals surface area contributed by atoms with Crippen molar-refractivity contribution in [3.63, 3.8) is 0 Å². The molecule has 36 heavy (non-hydrogen) atoms. The van der Waals surface area contributed by atoms with Crippen LogP contribution in [0.2, 0.25) is 0 Å². The fourth-order valence-corrected chi connectivity index (χ4v) is 8.59. The molecule has 0 nitrogen and oxygen atoms in total. The van der Waals surface area contributed by atoms with Gasteiger partial charge in [0.25, 0.3) is 0 Å². The lowest BCUT2D eigenvalue weighted by atomic mass is 9.70. The maximum atomic E-state index is 2.57. The van der Waals surface area contributed by atoms with E-state index in [0.717, 1.165) is 5.92 Å². The molecule has 0 fully saturated rings. The van der Waals surface area contributed by atoms with Crippen molar-refractivity contribution < 1.29 is 0 Å². The van der Waals surface area contributed by atoms with Crippen LogP contribution < -0.4 is 0 Å². The highest BCUT2D eigenvalue weighted by atomic mass is 14.3. The molecule has 0 bridgehead atoms. The van der Waals surface area contributed by atoms with Gasteiger partial charge >= 0.3 is 0 Å². The predicted octanol–water partition coefficient (Wildman–Crippen LogP) is 9.70. The minimum atomic E-state index is 0.741. The molecule has 0 saturated heterocycles. The Morgan fingerprint density at radius 3 is 1.94 bits per heavy atom. The van der Waals surface area contributed by atoms with Crippen LogP contribution in [0.15, 0.2) is 66.7 Å².